The van der Waals surface area contributed by atoms with Crippen LogP contribution in [0.1, 0.15) is 60.3 Å². The Labute approximate surface area is 129 Å². The van der Waals surface area contributed by atoms with Crippen molar-refractivity contribution in [3.8, 4) is 0 Å². The Morgan fingerprint density at radius 3 is 2.14 bits per heavy atom. The lowest BCUT2D eigenvalue weighted by Crippen LogP contribution is -2.51. The third-order valence-electron chi connectivity index (χ3n) is 3.75. The zero-order valence-corrected chi connectivity index (χ0v) is 14.4. The molecule has 0 aromatic carbocycles. The molecule has 0 fully saturated rings. The maximum Gasteiger partial charge on any atom is 0.328 e. The van der Waals surface area contributed by atoms with Crippen LogP contribution in [-0.4, -0.2) is 31.2 Å². The van der Waals surface area contributed by atoms with Gasteiger partial charge in [-0.05, 0) is 25.2 Å². The summed E-state index contributed by atoms with van der Waals surface area (Å²) in [6, 6.07) is -0.801. The summed E-state index contributed by atoms with van der Waals surface area (Å²) in [5, 5.41) is 5.61. The summed E-state index contributed by atoms with van der Waals surface area (Å²) in [4.78, 5) is 23.7. The topological polar surface area (TPSA) is 67.4 Å². The summed E-state index contributed by atoms with van der Waals surface area (Å²) in [5.74, 6) is 0.326. The van der Waals surface area contributed by atoms with Gasteiger partial charge < -0.3 is 15.4 Å². The van der Waals surface area contributed by atoms with Crippen LogP contribution in [-0.2, 0) is 9.53 Å². The first-order chi connectivity index (χ1) is 9.81. The van der Waals surface area contributed by atoms with E-state index in [-0.39, 0.29) is 18.0 Å². The van der Waals surface area contributed by atoms with Crippen molar-refractivity contribution in [3.63, 3.8) is 0 Å². The van der Waals surface area contributed by atoms with E-state index in [1.165, 1.54) is 7.11 Å². The van der Waals surface area contributed by atoms with Gasteiger partial charge in [-0.25, -0.2) is 9.59 Å². The summed E-state index contributed by atoms with van der Waals surface area (Å²) in [5.41, 5.74) is 0. The first kappa shape index (κ1) is 19.7. The molecule has 0 heterocycles. The van der Waals surface area contributed by atoms with Gasteiger partial charge in [0.1, 0.15) is 6.04 Å². The van der Waals surface area contributed by atoms with Crippen LogP contribution < -0.4 is 10.6 Å². The van der Waals surface area contributed by atoms with Crippen molar-refractivity contribution < 1.29 is 14.3 Å². The largest absolute Gasteiger partial charge is 0.467 e. The maximum absolute atomic E-state index is 12.0. The number of nitrogens with one attached hydrogen (secondary N) is 2. The van der Waals surface area contributed by atoms with E-state index in [0.29, 0.717) is 5.92 Å². The van der Waals surface area contributed by atoms with Gasteiger partial charge in [0.05, 0.1) is 7.11 Å². The van der Waals surface area contributed by atoms with Crippen molar-refractivity contribution in [2.24, 2.45) is 11.8 Å². The van der Waals surface area contributed by atoms with Crippen molar-refractivity contribution in [3.05, 3.63) is 0 Å². The van der Waals surface area contributed by atoms with E-state index in [1.807, 2.05) is 20.8 Å². The molecule has 0 saturated carbocycles. The predicted molar refractivity (Wildman–Crippen MR) is 85.1 cm³/mol. The van der Waals surface area contributed by atoms with E-state index in [9.17, 15) is 9.59 Å². The molecule has 0 aliphatic rings. The summed E-state index contributed by atoms with van der Waals surface area (Å²) >= 11 is 0. The Morgan fingerprint density at radius 2 is 1.67 bits per heavy atom. The number of hydrogen-bond acceptors (Lipinski definition) is 3. The number of carbonyl (C=O) groups is 2. The van der Waals surface area contributed by atoms with Crippen molar-refractivity contribution in [2.45, 2.75) is 72.4 Å². The van der Waals surface area contributed by atoms with Gasteiger partial charge in [-0.2, -0.15) is 0 Å². The number of urea groups is 1. The van der Waals surface area contributed by atoms with E-state index in [2.05, 4.69) is 24.5 Å². The molecule has 0 aromatic heterocycles. The van der Waals surface area contributed by atoms with E-state index in [0.717, 1.165) is 25.7 Å². The van der Waals surface area contributed by atoms with Crippen molar-refractivity contribution >= 4 is 12.0 Å². The quantitative estimate of drug-likeness (QED) is 0.643. The molecule has 21 heavy (non-hydrogen) atoms. The van der Waals surface area contributed by atoms with Gasteiger partial charge in [-0.3, -0.25) is 0 Å². The van der Waals surface area contributed by atoms with Gasteiger partial charge in [0, 0.05) is 6.04 Å². The average molecular weight is 300 g/mol. The molecule has 0 spiro atoms. The van der Waals surface area contributed by atoms with Crippen LogP contribution in [0.15, 0.2) is 0 Å². The van der Waals surface area contributed by atoms with E-state index >= 15 is 0 Å². The van der Waals surface area contributed by atoms with Crippen molar-refractivity contribution in [1.29, 1.82) is 0 Å². The van der Waals surface area contributed by atoms with Gasteiger partial charge in [-0.1, -0.05) is 47.0 Å². The highest BCUT2D eigenvalue weighted by atomic mass is 16.5. The highest BCUT2D eigenvalue weighted by Gasteiger charge is 2.26. The summed E-state index contributed by atoms with van der Waals surface area (Å²) in [6.07, 6.45) is 3.98. The SMILES string of the molecule is CCC(C)C(NC(=O)NC(C)CCCC(C)C)C(=O)OC. The van der Waals surface area contributed by atoms with Crippen molar-refractivity contribution in [1.82, 2.24) is 10.6 Å². The number of ether oxygens (including phenoxy) is 1. The highest BCUT2D eigenvalue weighted by Crippen LogP contribution is 2.10. The Bertz CT molecular complexity index is 319. The molecule has 5 nitrogen and oxygen atoms in total. The number of esters is 1. The predicted octanol–water partition coefficient (Wildman–Crippen LogP) is 3.09. The van der Waals surface area contributed by atoms with Gasteiger partial charge in [-0.15, -0.1) is 0 Å². The highest BCUT2D eigenvalue weighted by molar-refractivity contribution is 5.83. The third-order valence-corrected chi connectivity index (χ3v) is 3.75. The molecule has 0 saturated heterocycles. The number of carbonyl (C=O) groups excluding carboxylic acids is 2. The summed E-state index contributed by atoms with van der Waals surface area (Å²) in [6.45, 7) is 10.3. The van der Waals surface area contributed by atoms with E-state index < -0.39 is 12.0 Å². The van der Waals surface area contributed by atoms with Crippen LogP contribution in [0.25, 0.3) is 0 Å². The molecule has 2 amide bonds. The fourth-order valence-corrected chi connectivity index (χ4v) is 2.11. The molecule has 0 aliphatic heterocycles. The minimum absolute atomic E-state index is 0.0412. The number of hydrogen-bond donors (Lipinski definition) is 2. The molecule has 0 rings (SSSR count). The molecular formula is C16H32N2O3. The molecule has 2 N–H and O–H groups in total. The molecule has 0 aromatic rings. The number of methoxy groups -OCH3 is 1. The smallest absolute Gasteiger partial charge is 0.328 e. The Balaban J connectivity index is 4.27. The zero-order chi connectivity index (χ0) is 16.4. The van der Waals surface area contributed by atoms with E-state index in [1.54, 1.807) is 0 Å². The minimum atomic E-state index is -0.595. The maximum atomic E-state index is 12.0. The number of amides is 2. The fourth-order valence-electron chi connectivity index (χ4n) is 2.11. The zero-order valence-electron chi connectivity index (χ0n) is 14.4. The van der Waals surface area contributed by atoms with Gasteiger partial charge >= 0.3 is 12.0 Å². The lowest BCUT2D eigenvalue weighted by atomic mass is 9.99. The van der Waals surface area contributed by atoms with Crippen molar-refractivity contribution in [2.75, 3.05) is 7.11 Å². The molecular weight excluding hydrogens is 268 g/mol. The fraction of sp³-hybridized carbons (Fsp3) is 0.875. The van der Waals surface area contributed by atoms with Crippen LogP contribution in [0, 0.1) is 11.8 Å². The molecule has 0 radical (unpaired) electrons. The molecule has 5 heteroatoms. The first-order valence-corrected chi connectivity index (χ1v) is 7.96. The Hall–Kier alpha value is -1.26. The lowest BCUT2D eigenvalue weighted by Gasteiger charge is -2.23. The second-order valence-electron chi connectivity index (χ2n) is 6.23. The first-order valence-electron chi connectivity index (χ1n) is 7.96. The lowest BCUT2D eigenvalue weighted by molar-refractivity contribution is -0.144. The second-order valence-corrected chi connectivity index (χ2v) is 6.23. The van der Waals surface area contributed by atoms with Gasteiger partial charge in [0.25, 0.3) is 0 Å². The van der Waals surface area contributed by atoms with Crippen LogP contribution >= 0.6 is 0 Å². The molecule has 0 bridgehead atoms. The monoisotopic (exact) mass is 300 g/mol. The number of rotatable bonds is 9. The summed E-state index contributed by atoms with van der Waals surface area (Å²) in [7, 11) is 1.34. The molecule has 124 valence electrons. The average Bonchev–Trinajstić information content (AvgIpc) is 2.42. The van der Waals surface area contributed by atoms with E-state index in [4.69, 9.17) is 4.74 Å². The summed E-state index contributed by atoms with van der Waals surface area (Å²) < 4.78 is 4.75. The minimum Gasteiger partial charge on any atom is -0.467 e. The van der Waals surface area contributed by atoms with Crippen LogP contribution in [0.5, 0.6) is 0 Å². The van der Waals surface area contributed by atoms with Crippen LogP contribution in [0.2, 0.25) is 0 Å². The molecule has 3 unspecified atom stereocenters. The van der Waals surface area contributed by atoms with Crippen LogP contribution in [0.3, 0.4) is 0 Å². The van der Waals surface area contributed by atoms with Crippen LogP contribution in [0.4, 0.5) is 4.79 Å². The normalized spacial score (nSPS) is 15.2. The van der Waals surface area contributed by atoms with Gasteiger partial charge in [0.15, 0.2) is 0 Å². The Morgan fingerprint density at radius 1 is 1.05 bits per heavy atom. The van der Waals surface area contributed by atoms with Gasteiger partial charge in [0.2, 0.25) is 0 Å². The third kappa shape index (κ3) is 8.58. The second kappa shape index (κ2) is 10.5. The molecule has 0 aliphatic carbocycles. The Kier molecular flexibility index (Phi) is 9.84. The standard InChI is InChI=1S/C16H32N2O3/c1-7-12(4)14(15(19)21-6)18-16(20)17-13(5)10-8-9-11(2)3/h11-14H,7-10H2,1-6H3,(H2,17,18,20). The molecule has 3 atom stereocenters.